The van der Waals surface area contributed by atoms with Crippen LogP contribution in [-0.2, 0) is 14.4 Å². The highest BCUT2D eigenvalue weighted by atomic mass is 79.9. The van der Waals surface area contributed by atoms with Crippen molar-refractivity contribution in [2.24, 2.45) is 163 Å². The first-order valence-corrected chi connectivity index (χ1v) is 35.5. The summed E-state index contributed by atoms with van der Waals surface area (Å²) < 4.78 is 14.0. The zero-order valence-electron chi connectivity index (χ0n) is 63.0. The van der Waals surface area contributed by atoms with Crippen molar-refractivity contribution >= 4 is 218 Å². The highest BCUT2D eigenvalue weighted by Gasteiger charge is 2.05. The number of carbonyl (C=O) groups is 3. The number of nitrogens with zero attached hydrogens (tertiary/aromatic N) is 17. The average Bonchev–Trinajstić information content (AvgIpc) is 0.865. The molecule has 0 aliphatic heterocycles. The topological polar surface area (TPSA) is 725 Å². The van der Waals surface area contributed by atoms with E-state index in [1.165, 1.54) is 55.6 Å². The van der Waals surface area contributed by atoms with Crippen LogP contribution in [0.4, 0.5) is 4.39 Å². The molecule has 0 bridgehead atoms. The Kier molecular flexibility index (Phi) is 61.3. The van der Waals surface area contributed by atoms with Gasteiger partial charge in [-0.3, -0.25) is 29.8 Å². The van der Waals surface area contributed by atoms with Gasteiger partial charge in [0.25, 0.3) is 17.9 Å². The molecule has 634 valence electrons. The number of carboxylic acid groups (broad SMARTS) is 3. The molecule has 8 rings (SSSR count). The second kappa shape index (κ2) is 66.6. The van der Waals surface area contributed by atoms with Crippen molar-refractivity contribution in [2.75, 3.05) is 0 Å². The van der Waals surface area contributed by atoms with E-state index in [4.69, 9.17) is 209 Å². The van der Waals surface area contributed by atoms with Crippen LogP contribution in [0.5, 0.6) is 0 Å². The molecule has 2 aromatic heterocycles. The number of hydrogen-bond acceptors (Lipinski definition) is 22. The van der Waals surface area contributed by atoms with Crippen LogP contribution in [0, 0.1) is 12.7 Å². The summed E-state index contributed by atoms with van der Waals surface area (Å²) in [5.41, 5.74) is 85.3. The SMILES string of the molecule is C=C(N)N/N=C/c1ccccc1Cl.CC(=O)O.CC(=O)O.CC(=O)O.Cc1ccc(/C=N/N=C(N)N)c(Cl)c1.NC(N)=N/N=C/c1c(Cl)cccc1Cl.NC(N)=N/N=C/c1c(F)cccc1Cl.NC(N)=N/N=C/c1ccccc1Br.NC(N)=N/N=C/c1ccccc1Cl.NC(N)=N/N=C/c1ccncc1Cl.NC(N)=N/N=C/c1ccncc1Cl. The van der Waals surface area contributed by atoms with Gasteiger partial charge in [0.2, 0.25) is 41.7 Å². The normalized spacial score (nSPS) is 9.90. The molecule has 0 saturated heterocycles. The number of hydrazone groups is 1. The van der Waals surface area contributed by atoms with E-state index in [1.54, 1.807) is 73.4 Å². The van der Waals surface area contributed by atoms with Gasteiger partial charge in [-0.05, 0) is 73.2 Å². The number of aliphatic carboxylic acids is 3. The van der Waals surface area contributed by atoms with Gasteiger partial charge in [0.15, 0.2) is 0 Å². The zero-order valence-corrected chi connectivity index (χ0v) is 70.7. The number of aryl methyl sites for hydroxylation is 1. The number of carboxylic acids is 3. The molecule has 0 amide bonds. The van der Waals surface area contributed by atoms with E-state index in [0.29, 0.717) is 57.7 Å². The van der Waals surface area contributed by atoms with Crippen LogP contribution in [0.3, 0.4) is 0 Å². The third kappa shape index (κ3) is 64.3. The van der Waals surface area contributed by atoms with E-state index in [1.807, 2.05) is 85.8 Å². The Labute approximate surface area is 730 Å². The van der Waals surface area contributed by atoms with Crippen molar-refractivity contribution in [1.29, 1.82) is 0 Å². The number of aromatic nitrogens is 2. The minimum absolute atomic E-state index is 0.0525. The van der Waals surface area contributed by atoms with Gasteiger partial charge in [-0.2, -0.15) is 40.8 Å². The number of rotatable bonds is 17. The molecule has 0 saturated carbocycles. The number of pyridine rings is 2. The van der Waals surface area contributed by atoms with Gasteiger partial charge in [-0.1, -0.05) is 194 Å². The highest BCUT2D eigenvalue weighted by Crippen LogP contribution is 2.23. The number of benzene rings is 6. The standard InChI is InChI=1S/C9H11ClN4.C9H10ClN3.C8H9BrN4.C8H8Cl2N4.C8H8ClFN4.C8H9ClN4.2C7H8ClN5.3C2H4O2/c1-6-2-3-7(8(10)4-6)5-13-14-9(11)12;1-7(11)13-12-6-8-4-2-3-5-9(8)10;9-7-4-2-1-3-6(7)5-12-13-8(10)11;2*9-6-2-1-3-7(10)5(6)4-13-14-8(11)12;9-7-4-2-1-3-6(7)5-12-13-8(10)11;2*8-6-4-11-2-1-5(6)3-12-13-7(9)10;3*1-2(3)4/h2-5H,1H3,(H4,11,12,14);2-6,13H,1,11H2;1-5H,(H4,10,11,13);2*1-4H,(H4,11,12,14);1-5H,(H4,10,11,13);2*1-4H,(H4,9,10,13);3*1H3,(H,3,4)/b13-5+;12-6+;12-5+;2*13-4+;12-5+;2*12-3+;;;. The lowest BCUT2D eigenvalue weighted by atomic mass is 10.2. The van der Waals surface area contributed by atoms with E-state index in [9.17, 15) is 4.39 Å². The van der Waals surface area contributed by atoms with Gasteiger partial charge in [0.05, 0.1) is 74.8 Å². The average molecular weight is 1870 g/mol. The summed E-state index contributed by atoms with van der Waals surface area (Å²) in [5.74, 6) is -3.41. The molecule has 0 spiro atoms. The Balaban J connectivity index is -0.00000127. The smallest absolute Gasteiger partial charge is 0.300 e. The molecule has 119 heavy (non-hydrogen) atoms. The van der Waals surface area contributed by atoms with Gasteiger partial charge in [0, 0.05) is 110 Å². The third-order valence-electron chi connectivity index (χ3n) is 10.5. The van der Waals surface area contributed by atoms with Crippen LogP contribution in [0.25, 0.3) is 0 Å². The van der Waals surface area contributed by atoms with Gasteiger partial charge in [-0.15, -0.1) is 35.7 Å². The van der Waals surface area contributed by atoms with E-state index in [-0.39, 0.29) is 52.3 Å². The maximum absolute atomic E-state index is 13.1. The minimum atomic E-state index is -0.833. The summed E-state index contributed by atoms with van der Waals surface area (Å²) >= 11 is 50.0. The number of nitrogens with one attached hydrogen (secondary N) is 1. The summed E-state index contributed by atoms with van der Waals surface area (Å²) in [4.78, 5) is 34.6. The summed E-state index contributed by atoms with van der Waals surface area (Å²) in [6, 6.07) is 40.8. The van der Waals surface area contributed by atoms with E-state index in [0.717, 1.165) is 59.3 Å². The Hall–Kier alpha value is -13.7. The van der Waals surface area contributed by atoms with Crippen LogP contribution in [0.15, 0.2) is 258 Å². The molecule has 39 nitrogen and oxygen atoms in total. The molecular formula is C70H83BrCl8FN33O6. The minimum Gasteiger partial charge on any atom is -0.481 e. The van der Waals surface area contributed by atoms with Gasteiger partial charge in [0.1, 0.15) is 11.6 Å². The van der Waals surface area contributed by atoms with Gasteiger partial charge >= 0.3 is 0 Å². The molecular weight excluding hydrogens is 1780 g/mol. The lowest BCUT2D eigenvalue weighted by molar-refractivity contribution is -0.135. The van der Waals surface area contributed by atoms with Crippen LogP contribution in [0.1, 0.15) is 70.8 Å². The predicted octanol–water partition coefficient (Wildman–Crippen LogP) is 8.60. The Morgan fingerprint density at radius 1 is 0.370 bits per heavy atom. The monoisotopic (exact) mass is 1860 g/mol. The first-order chi connectivity index (χ1) is 56.0. The van der Waals surface area contributed by atoms with Crippen LogP contribution in [-0.4, -0.2) is 135 Å². The number of hydrogen-bond donors (Lipinski definition) is 19. The lowest BCUT2D eigenvalue weighted by Gasteiger charge is -1.98. The molecule has 6 aromatic carbocycles. The Morgan fingerprint density at radius 2 is 0.647 bits per heavy atom. The van der Waals surface area contributed by atoms with Crippen molar-refractivity contribution < 1.29 is 34.1 Å². The first-order valence-electron chi connectivity index (χ1n) is 31.7. The first kappa shape index (κ1) is 110. The fourth-order valence-electron chi connectivity index (χ4n) is 6.01. The number of halogens is 10. The van der Waals surface area contributed by atoms with E-state index < -0.39 is 23.7 Å². The van der Waals surface area contributed by atoms with Crippen molar-refractivity contribution in [3.8, 4) is 0 Å². The lowest BCUT2D eigenvalue weighted by Crippen LogP contribution is -2.21. The molecule has 0 radical (unpaired) electrons. The summed E-state index contributed by atoms with van der Waals surface area (Å²) in [7, 11) is 0. The van der Waals surface area contributed by atoms with Crippen molar-refractivity contribution in [3.63, 3.8) is 0 Å². The molecule has 0 fully saturated rings. The fraction of sp³-hybridized carbons (Fsp3) is 0.0571. The molecule has 0 unspecified atom stereocenters. The van der Waals surface area contributed by atoms with Gasteiger partial charge in [-0.25, -0.2) is 4.39 Å². The second-order valence-electron chi connectivity index (χ2n) is 20.5. The molecule has 34 N–H and O–H groups in total. The zero-order chi connectivity index (χ0) is 90.8. The molecule has 2 heterocycles. The van der Waals surface area contributed by atoms with Crippen molar-refractivity contribution in [3.05, 3.63) is 277 Å². The maximum Gasteiger partial charge on any atom is 0.300 e. The third-order valence-corrected chi connectivity index (χ3v) is 13.8. The second-order valence-corrected chi connectivity index (χ2v) is 24.6. The Bertz CT molecular complexity index is 4510. The largest absolute Gasteiger partial charge is 0.481 e. The molecule has 49 heteroatoms. The summed E-state index contributed by atoms with van der Waals surface area (Å²) in [6.07, 6.45) is 17.8. The number of nitrogens with two attached hydrogens (primary N) is 15. The summed E-state index contributed by atoms with van der Waals surface area (Å²) in [5, 5.41) is 79.4. The van der Waals surface area contributed by atoms with Crippen LogP contribution < -0.4 is 91.4 Å². The van der Waals surface area contributed by atoms with E-state index >= 15 is 0 Å². The summed E-state index contributed by atoms with van der Waals surface area (Å²) in [6.45, 7) is 8.64. The van der Waals surface area contributed by atoms with Crippen LogP contribution in [0.2, 0.25) is 40.2 Å². The number of guanidine groups is 7. The van der Waals surface area contributed by atoms with Crippen molar-refractivity contribution in [2.45, 2.75) is 27.7 Å². The van der Waals surface area contributed by atoms with E-state index in [2.05, 4.69) is 114 Å². The predicted molar refractivity (Wildman–Crippen MR) is 487 cm³/mol. The molecule has 0 atom stereocenters. The molecule has 0 aliphatic rings. The van der Waals surface area contributed by atoms with Crippen LogP contribution >= 0.6 is 109 Å². The molecule has 0 aliphatic carbocycles. The molecule has 8 aromatic rings. The van der Waals surface area contributed by atoms with Crippen molar-refractivity contribution in [1.82, 2.24) is 15.4 Å². The quantitative estimate of drug-likeness (QED) is 0.0230. The maximum atomic E-state index is 13.1. The fourth-order valence-corrected chi connectivity index (χ4v) is 8.09. The highest BCUT2D eigenvalue weighted by molar-refractivity contribution is 9.10. The van der Waals surface area contributed by atoms with Gasteiger partial charge < -0.3 is 101 Å². The Morgan fingerprint density at radius 3 is 0.966 bits per heavy atom.